The monoisotopic (exact) mass is 127 g/mol. The molecule has 8 heavy (non-hydrogen) atoms. The van der Waals surface area contributed by atoms with E-state index >= 15 is 0 Å². The van der Waals surface area contributed by atoms with Gasteiger partial charge in [-0.2, -0.15) is 0 Å². The van der Waals surface area contributed by atoms with E-state index in [4.69, 9.17) is 4.74 Å². The van der Waals surface area contributed by atoms with Crippen molar-refractivity contribution in [3.05, 3.63) is 16.8 Å². The lowest BCUT2D eigenvalue weighted by Crippen LogP contribution is -1.87. The maximum Gasteiger partial charge on any atom is 0.137 e. The Hall–Kier alpha value is -0.500. The molecular weight excluding hydrogens is 120 g/mol. The highest BCUT2D eigenvalue weighted by Gasteiger charge is 1.87. The Balaban J connectivity index is 2.50. The molecule has 2 heteroatoms. The molecule has 1 radical (unpaired) electrons. The van der Waals surface area contributed by atoms with Crippen molar-refractivity contribution in [2.45, 2.75) is 6.92 Å². The quantitative estimate of drug-likeness (QED) is 0.590. The molecule has 0 aliphatic carbocycles. The van der Waals surface area contributed by atoms with Crippen LogP contribution in [0.1, 0.15) is 6.92 Å². The highest BCUT2D eigenvalue weighted by molar-refractivity contribution is 7.08. The predicted octanol–water partition coefficient (Wildman–Crippen LogP) is 1.95. The molecule has 1 heterocycles. The van der Waals surface area contributed by atoms with Gasteiger partial charge in [-0.25, -0.2) is 0 Å². The average molecular weight is 127 g/mol. The Morgan fingerprint density at radius 3 is 3.25 bits per heavy atom. The van der Waals surface area contributed by atoms with Gasteiger partial charge in [-0.1, -0.05) is 0 Å². The zero-order chi connectivity index (χ0) is 5.82. The number of ether oxygens (including phenoxy) is 1. The van der Waals surface area contributed by atoms with Crippen LogP contribution in [-0.4, -0.2) is 6.61 Å². The molecular formula is C6H7OS. The summed E-state index contributed by atoms with van der Waals surface area (Å²) in [5.41, 5.74) is 0. The summed E-state index contributed by atoms with van der Waals surface area (Å²) in [5, 5.41) is 3.81. The fourth-order valence-corrected chi connectivity index (χ4v) is 0.965. The summed E-state index contributed by atoms with van der Waals surface area (Å²) < 4.78 is 5.10. The van der Waals surface area contributed by atoms with Gasteiger partial charge in [0.1, 0.15) is 5.75 Å². The summed E-state index contributed by atoms with van der Waals surface area (Å²) in [6, 6.07) is 2.93. The van der Waals surface area contributed by atoms with Crippen molar-refractivity contribution in [3.8, 4) is 5.75 Å². The van der Waals surface area contributed by atoms with Crippen LogP contribution in [0.4, 0.5) is 0 Å². The smallest absolute Gasteiger partial charge is 0.137 e. The molecule has 0 unspecified atom stereocenters. The Morgan fingerprint density at radius 1 is 1.88 bits per heavy atom. The first kappa shape index (κ1) is 5.63. The third kappa shape index (κ3) is 1.23. The second-order valence-corrected chi connectivity index (χ2v) is 2.06. The number of hydrogen-bond donors (Lipinski definition) is 0. The van der Waals surface area contributed by atoms with Gasteiger partial charge in [0.2, 0.25) is 0 Å². The minimum absolute atomic E-state index is 0.729. The van der Waals surface area contributed by atoms with E-state index in [-0.39, 0.29) is 0 Å². The standard InChI is InChI=1S/C6H7OS/c1-2-7-6-3-4-8-5-6/h4-5H,2H2,1H3. The molecule has 0 atom stereocenters. The largest absolute Gasteiger partial charge is 0.492 e. The van der Waals surface area contributed by atoms with Crippen LogP contribution in [0.3, 0.4) is 0 Å². The van der Waals surface area contributed by atoms with Crippen molar-refractivity contribution in [3.63, 3.8) is 0 Å². The van der Waals surface area contributed by atoms with Crippen LogP contribution >= 0.6 is 11.3 Å². The molecule has 0 saturated heterocycles. The summed E-state index contributed by atoms with van der Waals surface area (Å²) in [6.45, 7) is 2.69. The zero-order valence-electron chi connectivity index (χ0n) is 4.68. The molecule has 0 bridgehead atoms. The van der Waals surface area contributed by atoms with Crippen LogP contribution in [0.25, 0.3) is 0 Å². The van der Waals surface area contributed by atoms with Gasteiger partial charge in [0.15, 0.2) is 0 Å². The van der Waals surface area contributed by atoms with Gasteiger partial charge in [-0.3, -0.25) is 0 Å². The summed E-state index contributed by atoms with van der Waals surface area (Å²) in [7, 11) is 0. The average Bonchev–Trinajstić information content (AvgIpc) is 2.19. The van der Waals surface area contributed by atoms with Gasteiger partial charge in [-0.15, -0.1) is 11.3 Å². The molecule has 43 valence electrons. The molecule has 0 saturated carbocycles. The van der Waals surface area contributed by atoms with E-state index in [1.165, 1.54) is 0 Å². The highest BCUT2D eigenvalue weighted by Crippen LogP contribution is 2.12. The van der Waals surface area contributed by atoms with E-state index in [1.54, 1.807) is 11.3 Å². The lowest BCUT2D eigenvalue weighted by atomic mass is 10.6. The summed E-state index contributed by atoms with van der Waals surface area (Å²) in [5.74, 6) is 0.859. The Kier molecular flexibility index (Phi) is 1.92. The first-order valence-corrected chi connectivity index (χ1v) is 3.44. The Morgan fingerprint density at radius 2 is 2.75 bits per heavy atom. The second-order valence-electron chi connectivity index (χ2n) is 1.31. The molecule has 1 rings (SSSR count). The van der Waals surface area contributed by atoms with Crippen LogP contribution in [-0.2, 0) is 0 Å². The van der Waals surface area contributed by atoms with E-state index in [1.807, 2.05) is 17.7 Å². The molecule has 0 amide bonds. The fourth-order valence-electron chi connectivity index (χ4n) is 0.453. The predicted molar refractivity (Wildman–Crippen MR) is 34.3 cm³/mol. The van der Waals surface area contributed by atoms with Gasteiger partial charge in [0.25, 0.3) is 0 Å². The topological polar surface area (TPSA) is 9.23 Å². The minimum atomic E-state index is 0.729. The van der Waals surface area contributed by atoms with Crippen LogP contribution in [0.15, 0.2) is 10.8 Å². The number of rotatable bonds is 2. The maximum atomic E-state index is 5.10. The number of hydrogen-bond acceptors (Lipinski definition) is 2. The van der Waals surface area contributed by atoms with Gasteiger partial charge >= 0.3 is 0 Å². The molecule has 0 aliphatic rings. The molecule has 1 nitrogen and oxygen atoms in total. The van der Waals surface area contributed by atoms with Crippen molar-refractivity contribution in [2.75, 3.05) is 6.61 Å². The van der Waals surface area contributed by atoms with E-state index in [2.05, 4.69) is 6.07 Å². The first-order chi connectivity index (χ1) is 3.93. The van der Waals surface area contributed by atoms with Crippen molar-refractivity contribution in [2.24, 2.45) is 0 Å². The van der Waals surface area contributed by atoms with Crippen LogP contribution in [0.5, 0.6) is 5.75 Å². The fraction of sp³-hybridized carbons (Fsp3) is 0.333. The molecule has 0 aliphatic heterocycles. The Bertz CT molecular complexity index is 134. The maximum absolute atomic E-state index is 5.10. The van der Waals surface area contributed by atoms with Crippen LogP contribution < -0.4 is 4.74 Å². The van der Waals surface area contributed by atoms with E-state index in [0.29, 0.717) is 0 Å². The van der Waals surface area contributed by atoms with Crippen LogP contribution in [0, 0.1) is 6.07 Å². The van der Waals surface area contributed by atoms with Gasteiger partial charge in [0, 0.05) is 16.8 Å². The summed E-state index contributed by atoms with van der Waals surface area (Å²) in [4.78, 5) is 0. The first-order valence-electron chi connectivity index (χ1n) is 2.50. The second kappa shape index (κ2) is 2.72. The molecule has 0 aromatic carbocycles. The third-order valence-corrected chi connectivity index (χ3v) is 1.35. The zero-order valence-corrected chi connectivity index (χ0v) is 5.49. The lowest BCUT2D eigenvalue weighted by Gasteiger charge is -1.93. The van der Waals surface area contributed by atoms with E-state index in [0.717, 1.165) is 12.4 Å². The SMILES string of the molecule is CCOc1[c]csc1. The van der Waals surface area contributed by atoms with Gasteiger partial charge in [-0.05, 0) is 6.92 Å². The molecule has 0 N–H and O–H groups in total. The molecule has 0 fully saturated rings. The summed E-state index contributed by atoms with van der Waals surface area (Å²) in [6.07, 6.45) is 0. The van der Waals surface area contributed by atoms with Crippen molar-refractivity contribution >= 4 is 11.3 Å². The minimum Gasteiger partial charge on any atom is -0.492 e. The third-order valence-electron chi connectivity index (χ3n) is 0.744. The normalized spacial score (nSPS) is 9.12. The molecule has 1 aromatic heterocycles. The highest BCUT2D eigenvalue weighted by atomic mass is 32.1. The van der Waals surface area contributed by atoms with Crippen molar-refractivity contribution in [1.82, 2.24) is 0 Å². The molecule has 1 aromatic rings. The van der Waals surface area contributed by atoms with Crippen molar-refractivity contribution in [1.29, 1.82) is 0 Å². The molecule has 0 spiro atoms. The number of thiophene rings is 1. The van der Waals surface area contributed by atoms with E-state index in [9.17, 15) is 0 Å². The Labute approximate surface area is 52.9 Å². The van der Waals surface area contributed by atoms with Gasteiger partial charge < -0.3 is 4.74 Å². The van der Waals surface area contributed by atoms with Crippen molar-refractivity contribution < 1.29 is 4.74 Å². The van der Waals surface area contributed by atoms with Crippen LogP contribution in [0.2, 0.25) is 0 Å². The lowest BCUT2D eigenvalue weighted by molar-refractivity contribution is 0.341. The summed E-state index contributed by atoms with van der Waals surface area (Å²) >= 11 is 1.60. The van der Waals surface area contributed by atoms with E-state index < -0.39 is 0 Å². The van der Waals surface area contributed by atoms with Gasteiger partial charge in [0.05, 0.1) is 6.61 Å².